The van der Waals surface area contributed by atoms with Crippen LogP contribution in [0.2, 0.25) is 0 Å². The maximum absolute atomic E-state index is 11.7. The number of carbonyl (C=O) groups is 1. The molecule has 0 bridgehead atoms. The van der Waals surface area contributed by atoms with Gasteiger partial charge >= 0.3 is 5.97 Å². The molecule has 1 aliphatic rings. The molecule has 0 saturated heterocycles. The van der Waals surface area contributed by atoms with E-state index in [1.807, 2.05) is 18.2 Å². The van der Waals surface area contributed by atoms with Gasteiger partial charge < -0.3 is 10.8 Å². The van der Waals surface area contributed by atoms with Gasteiger partial charge in [-0.2, -0.15) is 0 Å². The summed E-state index contributed by atoms with van der Waals surface area (Å²) in [6.07, 6.45) is 3.54. The number of hydrogen-bond donors (Lipinski definition) is 2. The summed E-state index contributed by atoms with van der Waals surface area (Å²) in [4.78, 5) is 11.7. The first kappa shape index (κ1) is 12.9. The van der Waals surface area contributed by atoms with Crippen LogP contribution in [0.4, 0.5) is 5.69 Å². The largest absolute Gasteiger partial charge is 0.481 e. The fourth-order valence-electron chi connectivity index (χ4n) is 3.29. The second kappa shape index (κ2) is 4.30. The quantitative estimate of drug-likeness (QED) is 0.803. The number of aliphatic carboxylic acids is 1. The summed E-state index contributed by atoms with van der Waals surface area (Å²) in [5, 5.41) is 9.61. The molecule has 1 aromatic carbocycles. The van der Waals surface area contributed by atoms with Crippen molar-refractivity contribution in [1.29, 1.82) is 0 Å². The number of nitrogen functional groups attached to an aromatic ring is 1. The van der Waals surface area contributed by atoms with Crippen LogP contribution in [0.5, 0.6) is 0 Å². The Labute approximate surface area is 108 Å². The number of nitrogens with two attached hydrogens (primary N) is 1. The fourth-order valence-corrected chi connectivity index (χ4v) is 3.29. The van der Waals surface area contributed by atoms with Crippen LogP contribution in [0.15, 0.2) is 24.3 Å². The van der Waals surface area contributed by atoms with E-state index in [0.29, 0.717) is 5.69 Å². The third-order valence-corrected chi connectivity index (χ3v) is 4.70. The van der Waals surface area contributed by atoms with E-state index in [2.05, 4.69) is 13.8 Å². The molecule has 98 valence electrons. The van der Waals surface area contributed by atoms with Crippen molar-refractivity contribution in [1.82, 2.24) is 0 Å². The van der Waals surface area contributed by atoms with Crippen LogP contribution in [0.25, 0.3) is 0 Å². The maximum Gasteiger partial charge on any atom is 0.314 e. The Morgan fingerprint density at radius 3 is 2.39 bits per heavy atom. The lowest BCUT2D eigenvalue weighted by atomic mass is 9.48. The summed E-state index contributed by atoms with van der Waals surface area (Å²) < 4.78 is 0. The van der Waals surface area contributed by atoms with E-state index >= 15 is 0 Å². The van der Waals surface area contributed by atoms with Gasteiger partial charge in [-0.1, -0.05) is 38.8 Å². The first-order valence-electron chi connectivity index (χ1n) is 6.57. The van der Waals surface area contributed by atoms with Crippen molar-refractivity contribution in [2.45, 2.75) is 44.9 Å². The SMILES string of the molecule is CCC1(CC)CC(C(=O)O)(c2cccc(N)c2)C1. The smallest absolute Gasteiger partial charge is 0.314 e. The van der Waals surface area contributed by atoms with Gasteiger partial charge in [0.05, 0.1) is 5.41 Å². The molecule has 0 amide bonds. The molecular formula is C15H21NO2. The van der Waals surface area contributed by atoms with E-state index in [-0.39, 0.29) is 5.41 Å². The van der Waals surface area contributed by atoms with Gasteiger partial charge in [0.2, 0.25) is 0 Å². The minimum atomic E-state index is -0.721. The predicted octanol–water partition coefficient (Wildman–Crippen LogP) is 3.19. The van der Waals surface area contributed by atoms with Crippen LogP contribution in [-0.2, 0) is 10.2 Å². The minimum Gasteiger partial charge on any atom is -0.481 e. The number of hydrogen-bond acceptors (Lipinski definition) is 2. The normalized spacial score (nSPS) is 20.1. The molecule has 0 atom stereocenters. The Bertz CT molecular complexity index is 455. The number of carboxylic acids is 1. The lowest BCUT2D eigenvalue weighted by molar-refractivity contribution is -0.155. The molecule has 0 unspecified atom stereocenters. The summed E-state index contributed by atoms with van der Waals surface area (Å²) in [7, 11) is 0. The lowest BCUT2D eigenvalue weighted by Gasteiger charge is -2.54. The topological polar surface area (TPSA) is 63.3 Å². The molecule has 0 aromatic heterocycles. The Morgan fingerprint density at radius 1 is 1.33 bits per heavy atom. The molecule has 0 heterocycles. The lowest BCUT2D eigenvalue weighted by Crippen LogP contribution is -2.54. The highest BCUT2D eigenvalue weighted by atomic mass is 16.4. The van der Waals surface area contributed by atoms with E-state index in [1.54, 1.807) is 6.07 Å². The van der Waals surface area contributed by atoms with Crippen LogP contribution >= 0.6 is 0 Å². The molecule has 1 fully saturated rings. The number of rotatable bonds is 4. The molecule has 3 N–H and O–H groups in total. The van der Waals surface area contributed by atoms with E-state index in [1.165, 1.54) is 0 Å². The van der Waals surface area contributed by atoms with Gasteiger partial charge in [0.25, 0.3) is 0 Å². The molecular weight excluding hydrogens is 226 g/mol. The Hall–Kier alpha value is -1.51. The summed E-state index contributed by atoms with van der Waals surface area (Å²) in [5.41, 5.74) is 6.74. The molecule has 0 radical (unpaired) electrons. The summed E-state index contributed by atoms with van der Waals surface area (Å²) in [6, 6.07) is 7.33. The zero-order chi connectivity index (χ0) is 13.4. The zero-order valence-electron chi connectivity index (χ0n) is 11.1. The Kier molecular flexibility index (Phi) is 3.09. The highest BCUT2D eigenvalue weighted by Crippen LogP contribution is 2.59. The molecule has 1 saturated carbocycles. The van der Waals surface area contributed by atoms with Crippen molar-refractivity contribution < 1.29 is 9.90 Å². The van der Waals surface area contributed by atoms with Gasteiger partial charge in [0, 0.05) is 5.69 Å². The Balaban J connectivity index is 2.35. The first-order valence-corrected chi connectivity index (χ1v) is 6.57. The van der Waals surface area contributed by atoms with E-state index in [4.69, 9.17) is 5.73 Å². The predicted molar refractivity (Wildman–Crippen MR) is 72.4 cm³/mol. The molecule has 0 aliphatic heterocycles. The standard InChI is InChI=1S/C15H21NO2/c1-3-14(4-2)9-15(10-14,13(17)18)11-6-5-7-12(16)8-11/h5-8H,3-4,9-10,16H2,1-2H3,(H,17,18). The van der Waals surface area contributed by atoms with Gasteiger partial charge in [-0.3, -0.25) is 4.79 Å². The van der Waals surface area contributed by atoms with Crippen molar-refractivity contribution in [2.24, 2.45) is 5.41 Å². The summed E-state index contributed by atoms with van der Waals surface area (Å²) >= 11 is 0. The zero-order valence-corrected chi connectivity index (χ0v) is 11.1. The monoisotopic (exact) mass is 247 g/mol. The van der Waals surface area contributed by atoms with Crippen molar-refractivity contribution in [3.8, 4) is 0 Å². The summed E-state index contributed by atoms with van der Waals surface area (Å²) in [6.45, 7) is 4.29. The molecule has 0 spiro atoms. The third-order valence-electron chi connectivity index (χ3n) is 4.70. The average Bonchev–Trinajstić information content (AvgIpc) is 2.29. The summed E-state index contributed by atoms with van der Waals surface area (Å²) in [5.74, 6) is -0.717. The van der Waals surface area contributed by atoms with Crippen molar-refractivity contribution in [3.05, 3.63) is 29.8 Å². The molecule has 3 heteroatoms. The third kappa shape index (κ3) is 1.78. The second-order valence-corrected chi connectivity index (χ2v) is 5.57. The molecule has 2 rings (SSSR count). The highest BCUT2D eigenvalue weighted by molar-refractivity contribution is 5.83. The molecule has 3 nitrogen and oxygen atoms in total. The van der Waals surface area contributed by atoms with Gasteiger partial charge in [0.15, 0.2) is 0 Å². The van der Waals surface area contributed by atoms with Crippen molar-refractivity contribution >= 4 is 11.7 Å². The minimum absolute atomic E-state index is 0.197. The van der Waals surface area contributed by atoms with Crippen LogP contribution < -0.4 is 5.73 Å². The fraction of sp³-hybridized carbons (Fsp3) is 0.533. The van der Waals surface area contributed by atoms with Crippen LogP contribution in [0.3, 0.4) is 0 Å². The van der Waals surface area contributed by atoms with Gasteiger partial charge in [-0.05, 0) is 36.0 Å². The van der Waals surface area contributed by atoms with Gasteiger partial charge in [-0.25, -0.2) is 0 Å². The van der Waals surface area contributed by atoms with E-state index in [0.717, 1.165) is 31.2 Å². The highest BCUT2D eigenvalue weighted by Gasteiger charge is 2.58. The second-order valence-electron chi connectivity index (χ2n) is 5.57. The number of benzene rings is 1. The van der Waals surface area contributed by atoms with Crippen LogP contribution in [0.1, 0.15) is 45.1 Å². The van der Waals surface area contributed by atoms with Crippen LogP contribution in [0, 0.1) is 5.41 Å². The first-order chi connectivity index (χ1) is 8.48. The van der Waals surface area contributed by atoms with E-state index < -0.39 is 11.4 Å². The van der Waals surface area contributed by atoms with Crippen molar-refractivity contribution in [2.75, 3.05) is 5.73 Å². The molecule has 1 aliphatic carbocycles. The van der Waals surface area contributed by atoms with Crippen molar-refractivity contribution in [3.63, 3.8) is 0 Å². The van der Waals surface area contributed by atoms with Crippen LogP contribution in [-0.4, -0.2) is 11.1 Å². The molecule has 1 aromatic rings. The average molecular weight is 247 g/mol. The van der Waals surface area contributed by atoms with Gasteiger partial charge in [0.1, 0.15) is 0 Å². The van der Waals surface area contributed by atoms with Gasteiger partial charge in [-0.15, -0.1) is 0 Å². The Morgan fingerprint density at radius 2 is 1.94 bits per heavy atom. The molecule has 18 heavy (non-hydrogen) atoms. The van der Waals surface area contributed by atoms with E-state index in [9.17, 15) is 9.90 Å². The number of carboxylic acid groups (broad SMARTS) is 1. The number of anilines is 1. The maximum atomic E-state index is 11.7.